The molecule has 0 spiro atoms. The second-order valence-corrected chi connectivity index (χ2v) is 7.30. The summed E-state index contributed by atoms with van der Waals surface area (Å²) in [5.41, 5.74) is 0.274. The Kier molecular flexibility index (Phi) is 4.36. The van der Waals surface area contributed by atoms with Crippen LogP contribution in [0.2, 0.25) is 0 Å². The maximum absolute atomic E-state index is 12.4. The molecule has 6 heteroatoms. The van der Waals surface area contributed by atoms with Gasteiger partial charge in [0.2, 0.25) is 0 Å². The van der Waals surface area contributed by atoms with E-state index in [2.05, 4.69) is 11.9 Å². The molecule has 2 aliphatic heterocycles. The van der Waals surface area contributed by atoms with Crippen LogP contribution in [0, 0.1) is 17.3 Å². The minimum atomic E-state index is -0.748. The number of likely N-dealkylation sites (tertiary alicyclic amines) is 1. The molecule has 3 aliphatic rings. The van der Waals surface area contributed by atoms with Gasteiger partial charge < -0.3 is 20.1 Å². The molecule has 0 radical (unpaired) electrons. The van der Waals surface area contributed by atoms with Gasteiger partial charge in [-0.1, -0.05) is 18.6 Å². The van der Waals surface area contributed by atoms with Crippen LogP contribution in [0.15, 0.2) is 12.2 Å². The van der Waals surface area contributed by atoms with E-state index in [1.165, 1.54) is 0 Å². The van der Waals surface area contributed by atoms with Crippen molar-refractivity contribution in [1.29, 1.82) is 0 Å². The number of aliphatic carboxylic acids is 1. The van der Waals surface area contributed by atoms with Gasteiger partial charge in [0.1, 0.15) is 0 Å². The highest BCUT2D eigenvalue weighted by atomic mass is 16.5. The number of urea groups is 1. The number of carbonyl (C=O) groups excluding carboxylic acids is 1. The van der Waals surface area contributed by atoms with Crippen molar-refractivity contribution < 1.29 is 19.4 Å². The van der Waals surface area contributed by atoms with Crippen molar-refractivity contribution in [1.82, 2.24) is 10.2 Å². The fourth-order valence-electron chi connectivity index (χ4n) is 4.51. The Morgan fingerprint density at radius 2 is 2.22 bits per heavy atom. The summed E-state index contributed by atoms with van der Waals surface area (Å²) in [5, 5.41) is 12.6. The largest absolute Gasteiger partial charge is 0.481 e. The van der Waals surface area contributed by atoms with Gasteiger partial charge >= 0.3 is 12.0 Å². The predicted octanol–water partition coefficient (Wildman–Crippen LogP) is 1.86. The van der Waals surface area contributed by atoms with E-state index in [4.69, 9.17) is 4.74 Å². The van der Waals surface area contributed by atoms with Gasteiger partial charge in [0.05, 0.1) is 11.5 Å². The van der Waals surface area contributed by atoms with Crippen LogP contribution in [0.5, 0.6) is 0 Å². The zero-order valence-electron chi connectivity index (χ0n) is 13.7. The molecule has 6 nitrogen and oxygen atoms in total. The summed E-state index contributed by atoms with van der Waals surface area (Å²) < 4.78 is 5.65. The zero-order valence-corrected chi connectivity index (χ0v) is 13.7. The SMILES string of the molecule is C=C(C)C1OCCC1CNC(=O)N1C[C@@H]2CCC[C@@]2(C(=O)O)C1. The van der Waals surface area contributed by atoms with E-state index < -0.39 is 11.4 Å². The van der Waals surface area contributed by atoms with Crippen LogP contribution in [0.4, 0.5) is 4.79 Å². The minimum Gasteiger partial charge on any atom is -0.481 e. The van der Waals surface area contributed by atoms with E-state index in [9.17, 15) is 14.7 Å². The lowest BCUT2D eigenvalue weighted by atomic mass is 9.81. The van der Waals surface area contributed by atoms with Crippen molar-refractivity contribution in [2.75, 3.05) is 26.2 Å². The lowest BCUT2D eigenvalue weighted by molar-refractivity contribution is -0.149. The number of ether oxygens (including phenoxy) is 1. The second kappa shape index (κ2) is 6.15. The molecular weight excluding hydrogens is 296 g/mol. The maximum atomic E-state index is 12.4. The first kappa shape index (κ1) is 16.3. The zero-order chi connectivity index (χ0) is 16.6. The number of hydrogen-bond donors (Lipinski definition) is 2. The summed E-state index contributed by atoms with van der Waals surface area (Å²) >= 11 is 0. The summed E-state index contributed by atoms with van der Waals surface area (Å²) in [7, 11) is 0. The summed E-state index contributed by atoms with van der Waals surface area (Å²) in [5.74, 6) is -0.391. The smallest absolute Gasteiger partial charge is 0.317 e. The number of hydrogen-bond acceptors (Lipinski definition) is 3. The van der Waals surface area contributed by atoms with Gasteiger partial charge in [0.15, 0.2) is 0 Å². The van der Waals surface area contributed by atoms with Crippen LogP contribution < -0.4 is 5.32 Å². The number of fused-ring (bicyclic) bond motifs is 1. The second-order valence-electron chi connectivity index (χ2n) is 7.30. The number of nitrogens with zero attached hydrogens (tertiary/aromatic N) is 1. The van der Waals surface area contributed by atoms with Crippen LogP contribution in [0.25, 0.3) is 0 Å². The fourth-order valence-corrected chi connectivity index (χ4v) is 4.51. The Balaban J connectivity index is 1.56. The Hall–Kier alpha value is -1.56. The van der Waals surface area contributed by atoms with Gasteiger partial charge in [-0.2, -0.15) is 0 Å². The van der Waals surface area contributed by atoms with Crippen LogP contribution in [-0.4, -0.2) is 54.4 Å². The molecule has 0 aromatic carbocycles. The molecule has 2 amide bonds. The molecule has 1 aliphatic carbocycles. The fraction of sp³-hybridized carbons (Fsp3) is 0.765. The summed E-state index contributed by atoms with van der Waals surface area (Å²) in [6, 6.07) is -0.146. The molecule has 2 saturated heterocycles. The Bertz CT molecular complexity index is 521. The quantitative estimate of drug-likeness (QED) is 0.775. The number of carboxylic acid groups (broad SMARTS) is 1. The van der Waals surface area contributed by atoms with E-state index in [1.807, 2.05) is 6.92 Å². The van der Waals surface area contributed by atoms with Crippen molar-refractivity contribution >= 4 is 12.0 Å². The third-order valence-electron chi connectivity index (χ3n) is 5.80. The number of carbonyl (C=O) groups is 2. The highest BCUT2D eigenvalue weighted by Gasteiger charge is 2.55. The Labute approximate surface area is 136 Å². The third-order valence-corrected chi connectivity index (χ3v) is 5.80. The van der Waals surface area contributed by atoms with E-state index in [0.717, 1.165) is 24.8 Å². The van der Waals surface area contributed by atoms with E-state index in [0.29, 0.717) is 32.7 Å². The first-order valence-electron chi connectivity index (χ1n) is 8.47. The van der Waals surface area contributed by atoms with E-state index in [1.54, 1.807) is 4.90 Å². The molecule has 2 N–H and O–H groups in total. The van der Waals surface area contributed by atoms with Gasteiger partial charge in [-0.05, 0) is 32.1 Å². The molecule has 0 aromatic rings. The van der Waals surface area contributed by atoms with Crippen LogP contribution in [0.1, 0.15) is 32.6 Å². The number of rotatable bonds is 4. The summed E-state index contributed by atoms with van der Waals surface area (Å²) in [6.07, 6.45) is 3.47. The topological polar surface area (TPSA) is 78.9 Å². The van der Waals surface area contributed by atoms with Crippen molar-refractivity contribution in [3.05, 3.63) is 12.2 Å². The van der Waals surface area contributed by atoms with Crippen LogP contribution in [-0.2, 0) is 9.53 Å². The summed E-state index contributed by atoms with van der Waals surface area (Å²) in [6.45, 7) is 8.04. The molecular formula is C17H26N2O4. The highest BCUT2D eigenvalue weighted by molar-refractivity contribution is 5.80. The van der Waals surface area contributed by atoms with Gasteiger partial charge in [-0.25, -0.2) is 4.79 Å². The molecule has 0 bridgehead atoms. The minimum absolute atomic E-state index is 0.0126. The molecule has 1 saturated carbocycles. The van der Waals surface area contributed by atoms with Gasteiger partial charge in [0.25, 0.3) is 0 Å². The average Bonchev–Trinajstić information content (AvgIpc) is 3.17. The lowest BCUT2D eigenvalue weighted by Crippen LogP contribution is -2.43. The van der Waals surface area contributed by atoms with E-state index >= 15 is 0 Å². The molecule has 3 rings (SSSR count). The maximum Gasteiger partial charge on any atom is 0.317 e. The van der Waals surface area contributed by atoms with Gasteiger partial charge in [-0.15, -0.1) is 0 Å². The number of nitrogens with one attached hydrogen (secondary N) is 1. The first-order chi connectivity index (χ1) is 10.9. The Morgan fingerprint density at radius 1 is 1.43 bits per heavy atom. The molecule has 23 heavy (non-hydrogen) atoms. The van der Waals surface area contributed by atoms with Crippen molar-refractivity contribution in [3.63, 3.8) is 0 Å². The van der Waals surface area contributed by atoms with Crippen molar-refractivity contribution in [3.8, 4) is 0 Å². The summed E-state index contributed by atoms with van der Waals surface area (Å²) in [4.78, 5) is 25.8. The molecule has 2 unspecified atom stereocenters. The van der Waals surface area contributed by atoms with E-state index in [-0.39, 0.29) is 24.0 Å². The normalized spacial score (nSPS) is 36.0. The average molecular weight is 322 g/mol. The van der Waals surface area contributed by atoms with Gasteiger partial charge in [-0.3, -0.25) is 4.79 Å². The highest BCUT2D eigenvalue weighted by Crippen LogP contribution is 2.48. The predicted molar refractivity (Wildman–Crippen MR) is 85.0 cm³/mol. The van der Waals surface area contributed by atoms with Crippen molar-refractivity contribution in [2.45, 2.75) is 38.7 Å². The van der Waals surface area contributed by atoms with Crippen LogP contribution >= 0.6 is 0 Å². The lowest BCUT2D eigenvalue weighted by Gasteiger charge is -2.24. The third kappa shape index (κ3) is 2.84. The standard InChI is InChI=1S/C17H26N2O4/c1-11(2)14-12(5-7-23-14)8-18-16(22)19-9-13-4-3-6-17(13,10-19)15(20)21/h12-14H,1,3-10H2,2H3,(H,18,22)(H,20,21)/t12?,13-,14?,17+/m0/s1. The Morgan fingerprint density at radius 3 is 2.87 bits per heavy atom. The number of amides is 2. The molecule has 128 valence electrons. The monoisotopic (exact) mass is 322 g/mol. The first-order valence-corrected chi connectivity index (χ1v) is 8.47. The molecule has 4 atom stereocenters. The number of carboxylic acids is 1. The molecule has 3 fully saturated rings. The van der Waals surface area contributed by atoms with Crippen molar-refractivity contribution in [2.24, 2.45) is 17.3 Å². The molecule has 0 aromatic heterocycles. The van der Waals surface area contributed by atoms with Crippen LogP contribution in [0.3, 0.4) is 0 Å². The molecule has 2 heterocycles. The van der Waals surface area contributed by atoms with Gasteiger partial charge in [0, 0.05) is 32.2 Å².